The molecule has 1 atom stereocenters. The molecule has 2 aliphatic heterocycles. The van der Waals surface area contributed by atoms with Crippen LogP contribution in [0.5, 0.6) is 0 Å². The molecule has 5 nitrogen and oxygen atoms in total. The average molecular weight is 307 g/mol. The minimum atomic E-state index is -0.0622. The molecule has 1 spiro atoms. The summed E-state index contributed by atoms with van der Waals surface area (Å²) >= 11 is 1.60. The second-order valence-corrected chi connectivity index (χ2v) is 7.19. The van der Waals surface area contributed by atoms with E-state index in [0.29, 0.717) is 13.0 Å². The van der Waals surface area contributed by atoms with Crippen LogP contribution in [0.25, 0.3) is 0 Å². The second kappa shape index (κ2) is 5.33. The first-order valence-corrected chi connectivity index (χ1v) is 8.31. The minimum absolute atomic E-state index is 0.0108. The molecule has 3 rings (SSSR count). The molecule has 0 aromatic carbocycles. The predicted molar refractivity (Wildman–Crippen MR) is 83.6 cm³/mol. The van der Waals surface area contributed by atoms with E-state index >= 15 is 0 Å². The molecule has 1 aromatic rings. The van der Waals surface area contributed by atoms with Gasteiger partial charge in [0, 0.05) is 42.9 Å². The van der Waals surface area contributed by atoms with Crippen molar-refractivity contribution in [2.24, 2.45) is 5.41 Å². The fourth-order valence-corrected chi connectivity index (χ4v) is 3.90. The summed E-state index contributed by atoms with van der Waals surface area (Å²) in [6.07, 6.45) is 1.46. The maximum Gasteiger partial charge on any atom is 0.317 e. The second-order valence-electron chi connectivity index (χ2n) is 6.41. The number of anilines is 1. The lowest BCUT2D eigenvalue weighted by Gasteiger charge is -2.24. The van der Waals surface area contributed by atoms with Crippen molar-refractivity contribution in [3.8, 4) is 0 Å². The summed E-state index contributed by atoms with van der Waals surface area (Å²) in [4.78, 5) is 28.1. The Morgan fingerprint density at radius 1 is 1.43 bits per heavy atom. The average Bonchev–Trinajstić information content (AvgIpc) is 3.10. The highest BCUT2D eigenvalue weighted by atomic mass is 32.1. The molecule has 0 radical (unpaired) electrons. The molecule has 1 N–H and O–H groups in total. The summed E-state index contributed by atoms with van der Waals surface area (Å²) < 4.78 is 0. The van der Waals surface area contributed by atoms with Crippen molar-refractivity contribution < 1.29 is 9.59 Å². The van der Waals surface area contributed by atoms with Gasteiger partial charge in [0.05, 0.1) is 5.69 Å². The molecule has 0 unspecified atom stereocenters. The van der Waals surface area contributed by atoms with Gasteiger partial charge >= 0.3 is 6.03 Å². The number of carbonyl (C=O) groups excluding carboxylic acids is 2. The van der Waals surface area contributed by atoms with Gasteiger partial charge in [0.1, 0.15) is 0 Å². The first-order chi connectivity index (χ1) is 9.99. The van der Waals surface area contributed by atoms with Gasteiger partial charge in [-0.3, -0.25) is 4.79 Å². The lowest BCUT2D eigenvalue weighted by atomic mass is 9.86. The Morgan fingerprint density at radius 3 is 2.90 bits per heavy atom. The molecular weight excluding hydrogens is 286 g/mol. The Balaban J connectivity index is 1.68. The zero-order chi connectivity index (χ0) is 15.0. The lowest BCUT2D eigenvalue weighted by Crippen LogP contribution is -2.43. The Kier molecular flexibility index (Phi) is 3.65. The predicted octanol–water partition coefficient (Wildman–Crippen LogP) is 2.29. The lowest BCUT2D eigenvalue weighted by molar-refractivity contribution is -0.117. The molecule has 21 heavy (non-hydrogen) atoms. The van der Waals surface area contributed by atoms with Crippen LogP contribution in [0.15, 0.2) is 16.8 Å². The quantitative estimate of drug-likeness (QED) is 0.911. The maximum absolute atomic E-state index is 12.3. The fourth-order valence-electron chi connectivity index (χ4n) is 3.26. The third-order valence-electron chi connectivity index (χ3n) is 4.28. The van der Waals surface area contributed by atoms with E-state index in [1.807, 2.05) is 40.5 Å². The van der Waals surface area contributed by atoms with E-state index in [-0.39, 0.29) is 23.4 Å². The summed E-state index contributed by atoms with van der Waals surface area (Å²) in [5, 5.41) is 6.93. The molecule has 6 heteroatoms. The van der Waals surface area contributed by atoms with Crippen molar-refractivity contribution in [3.63, 3.8) is 0 Å². The maximum atomic E-state index is 12.3. The number of amides is 3. The molecule has 3 amide bonds. The number of urea groups is 1. The monoisotopic (exact) mass is 307 g/mol. The summed E-state index contributed by atoms with van der Waals surface area (Å²) in [6.45, 7) is 6.07. The Bertz CT molecular complexity index is 543. The van der Waals surface area contributed by atoms with Crippen LogP contribution in [-0.4, -0.2) is 42.5 Å². The number of nitrogens with zero attached hydrogens (tertiary/aromatic N) is 2. The third-order valence-corrected chi connectivity index (χ3v) is 4.95. The fraction of sp³-hybridized carbons (Fsp3) is 0.600. The van der Waals surface area contributed by atoms with Gasteiger partial charge in [0.25, 0.3) is 0 Å². The minimum Gasteiger partial charge on any atom is -0.336 e. The van der Waals surface area contributed by atoms with Crippen molar-refractivity contribution in [2.75, 3.05) is 24.5 Å². The smallest absolute Gasteiger partial charge is 0.317 e. The molecule has 2 aliphatic rings. The highest BCUT2D eigenvalue weighted by Crippen LogP contribution is 2.42. The van der Waals surface area contributed by atoms with Crippen molar-refractivity contribution in [3.05, 3.63) is 16.8 Å². The SMILES string of the molecule is CC(C)NC(=O)N1CC[C@]2(CC(=O)N(c3ccsc3)C2)C1. The van der Waals surface area contributed by atoms with Crippen LogP contribution >= 0.6 is 11.3 Å². The van der Waals surface area contributed by atoms with Gasteiger partial charge in [-0.2, -0.15) is 11.3 Å². The van der Waals surface area contributed by atoms with E-state index < -0.39 is 0 Å². The van der Waals surface area contributed by atoms with Gasteiger partial charge in [-0.15, -0.1) is 0 Å². The normalized spacial score (nSPS) is 25.4. The molecule has 1 aromatic heterocycles. The first kappa shape index (κ1) is 14.4. The number of thiophene rings is 1. The van der Waals surface area contributed by atoms with Gasteiger partial charge in [-0.05, 0) is 31.7 Å². The first-order valence-electron chi connectivity index (χ1n) is 7.37. The molecule has 114 valence electrons. The van der Waals surface area contributed by atoms with Gasteiger partial charge < -0.3 is 15.1 Å². The largest absolute Gasteiger partial charge is 0.336 e. The van der Waals surface area contributed by atoms with Gasteiger partial charge in [-0.25, -0.2) is 4.79 Å². The van der Waals surface area contributed by atoms with Crippen molar-refractivity contribution in [1.82, 2.24) is 10.2 Å². The van der Waals surface area contributed by atoms with Crippen molar-refractivity contribution >= 4 is 29.0 Å². The molecule has 0 aliphatic carbocycles. The van der Waals surface area contributed by atoms with Crippen LogP contribution in [-0.2, 0) is 4.79 Å². The van der Waals surface area contributed by atoms with E-state index in [9.17, 15) is 9.59 Å². The van der Waals surface area contributed by atoms with E-state index in [2.05, 4.69) is 5.32 Å². The number of rotatable bonds is 2. The van der Waals surface area contributed by atoms with E-state index in [0.717, 1.165) is 25.2 Å². The van der Waals surface area contributed by atoms with Gasteiger partial charge in [0.15, 0.2) is 0 Å². The highest BCUT2D eigenvalue weighted by Gasteiger charge is 2.48. The summed E-state index contributed by atoms with van der Waals surface area (Å²) in [7, 11) is 0. The van der Waals surface area contributed by atoms with E-state index in [1.54, 1.807) is 11.3 Å². The highest BCUT2D eigenvalue weighted by molar-refractivity contribution is 7.08. The van der Waals surface area contributed by atoms with E-state index in [1.165, 1.54) is 0 Å². The van der Waals surface area contributed by atoms with Crippen LogP contribution < -0.4 is 10.2 Å². The van der Waals surface area contributed by atoms with Crippen molar-refractivity contribution in [1.29, 1.82) is 0 Å². The Labute approximate surface area is 128 Å². The molecule has 0 saturated carbocycles. The van der Waals surface area contributed by atoms with E-state index in [4.69, 9.17) is 0 Å². The molecular formula is C15H21N3O2S. The zero-order valence-electron chi connectivity index (χ0n) is 12.5. The molecule has 3 heterocycles. The Morgan fingerprint density at radius 2 is 2.24 bits per heavy atom. The van der Waals surface area contributed by atoms with Crippen LogP contribution in [0, 0.1) is 5.41 Å². The van der Waals surface area contributed by atoms with Crippen LogP contribution in [0.1, 0.15) is 26.7 Å². The van der Waals surface area contributed by atoms with Crippen molar-refractivity contribution in [2.45, 2.75) is 32.7 Å². The number of hydrogen-bond donors (Lipinski definition) is 1. The Hall–Kier alpha value is -1.56. The van der Waals surface area contributed by atoms with Crippen LogP contribution in [0.3, 0.4) is 0 Å². The standard InChI is InChI=1S/C15H21N3O2S/c1-11(2)16-14(20)17-5-4-15(9-17)7-13(19)18(10-15)12-3-6-21-8-12/h3,6,8,11H,4-5,7,9-10H2,1-2H3,(H,16,20)/t15-/m0/s1. The number of hydrogen-bond acceptors (Lipinski definition) is 3. The number of nitrogens with one attached hydrogen (secondary N) is 1. The van der Waals surface area contributed by atoms with Gasteiger partial charge in [0.2, 0.25) is 5.91 Å². The summed E-state index contributed by atoms with van der Waals surface area (Å²) in [5.41, 5.74) is 0.930. The third kappa shape index (κ3) is 2.77. The summed E-state index contributed by atoms with van der Waals surface area (Å²) in [6, 6.07) is 2.12. The van der Waals surface area contributed by atoms with Gasteiger partial charge in [-0.1, -0.05) is 0 Å². The number of likely N-dealkylation sites (tertiary alicyclic amines) is 1. The van der Waals surface area contributed by atoms with Crippen LogP contribution in [0.2, 0.25) is 0 Å². The topological polar surface area (TPSA) is 52.7 Å². The number of carbonyl (C=O) groups is 2. The molecule has 0 bridgehead atoms. The zero-order valence-corrected chi connectivity index (χ0v) is 13.3. The molecule has 2 fully saturated rings. The van der Waals surface area contributed by atoms with Crippen LogP contribution in [0.4, 0.5) is 10.5 Å². The molecule has 2 saturated heterocycles. The summed E-state index contributed by atoms with van der Waals surface area (Å²) in [5.74, 6) is 0.180.